The van der Waals surface area contributed by atoms with Gasteiger partial charge in [-0.2, -0.15) is 0 Å². The van der Waals surface area contributed by atoms with Gasteiger partial charge in [0.2, 0.25) is 0 Å². The molecule has 2 aromatic rings. The van der Waals surface area contributed by atoms with E-state index in [1.165, 1.54) is 0 Å². The summed E-state index contributed by atoms with van der Waals surface area (Å²) < 4.78 is 1.61. The van der Waals surface area contributed by atoms with Crippen molar-refractivity contribution in [2.24, 2.45) is 7.05 Å². The van der Waals surface area contributed by atoms with Crippen LogP contribution in [0.2, 0.25) is 5.02 Å². The van der Waals surface area contributed by atoms with Crippen LogP contribution in [-0.4, -0.2) is 45.4 Å². The minimum Gasteiger partial charge on any atom is -0.328 e. The fourth-order valence-electron chi connectivity index (χ4n) is 2.70. The van der Waals surface area contributed by atoms with Gasteiger partial charge in [0, 0.05) is 31.7 Å². The Morgan fingerprint density at radius 2 is 2.22 bits per heavy atom. The van der Waals surface area contributed by atoms with Crippen LogP contribution >= 0.6 is 24.0 Å². The van der Waals surface area contributed by atoms with E-state index < -0.39 is 0 Å². The molecule has 1 N–H and O–H groups in total. The minimum absolute atomic E-state index is 0. The molecule has 1 aliphatic heterocycles. The maximum Gasteiger partial charge on any atom is 0.276 e. The maximum absolute atomic E-state index is 12.9. The van der Waals surface area contributed by atoms with Gasteiger partial charge >= 0.3 is 0 Å². The summed E-state index contributed by atoms with van der Waals surface area (Å²) in [6.07, 6.45) is 0. The number of amides is 1. The van der Waals surface area contributed by atoms with E-state index in [9.17, 15) is 4.79 Å². The molecule has 1 saturated heterocycles. The number of carbonyl (C=O) groups is 1. The predicted octanol–water partition coefficient (Wildman–Crippen LogP) is 1.99. The molecule has 1 amide bonds. The van der Waals surface area contributed by atoms with Gasteiger partial charge in [-0.05, 0) is 24.6 Å². The Balaban J connectivity index is 0.00000192. The van der Waals surface area contributed by atoms with Crippen molar-refractivity contribution in [3.63, 3.8) is 0 Å². The number of benzene rings is 1. The summed E-state index contributed by atoms with van der Waals surface area (Å²) in [6.45, 7) is 3.95. The number of carbonyl (C=O) groups excluding carboxylic acids is 1. The van der Waals surface area contributed by atoms with Crippen molar-refractivity contribution in [3.05, 3.63) is 46.2 Å². The lowest BCUT2D eigenvalue weighted by atomic mass is 10.0. The molecule has 1 atom stereocenters. The summed E-state index contributed by atoms with van der Waals surface area (Å²) >= 11 is 6.09. The molecular formula is C15H19Cl2N5O. The number of nitrogens with one attached hydrogen (secondary N) is 1. The molecule has 0 spiro atoms. The lowest BCUT2D eigenvalue weighted by Gasteiger charge is -2.36. The predicted molar refractivity (Wildman–Crippen MR) is 91.1 cm³/mol. The summed E-state index contributed by atoms with van der Waals surface area (Å²) in [6, 6.07) is 7.58. The molecule has 0 saturated carbocycles. The maximum atomic E-state index is 12.9. The first-order valence-electron chi connectivity index (χ1n) is 7.21. The first kappa shape index (κ1) is 17.7. The zero-order chi connectivity index (χ0) is 15.7. The summed E-state index contributed by atoms with van der Waals surface area (Å²) in [4.78, 5) is 14.7. The van der Waals surface area contributed by atoms with Crippen molar-refractivity contribution in [1.29, 1.82) is 0 Å². The summed E-state index contributed by atoms with van der Waals surface area (Å²) in [5.41, 5.74) is 2.21. The average Bonchev–Trinajstić information content (AvgIpc) is 2.86. The molecule has 0 bridgehead atoms. The van der Waals surface area contributed by atoms with Crippen LogP contribution < -0.4 is 5.32 Å². The Morgan fingerprint density at radius 1 is 1.43 bits per heavy atom. The second-order valence-corrected chi connectivity index (χ2v) is 5.86. The highest BCUT2D eigenvalue weighted by molar-refractivity contribution is 6.30. The average molecular weight is 356 g/mol. The van der Waals surface area contributed by atoms with Gasteiger partial charge in [-0.1, -0.05) is 28.9 Å². The molecule has 1 fully saturated rings. The number of halogens is 2. The van der Waals surface area contributed by atoms with Gasteiger partial charge in [-0.15, -0.1) is 17.5 Å². The molecule has 3 rings (SSSR count). The molecule has 0 aliphatic carbocycles. The number of aromatic nitrogens is 3. The van der Waals surface area contributed by atoms with E-state index in [0.29, 0.717) is 23.8 Å². The quantitative estimate of drug-likeness (QED) is 0.894. The van der Waals surface area contributed by atoms with Crippen LogP contribution in [-0.2, 0) is 7.05 Å². The van der Waals surface area contributed by atoms with Crippen molar-refractivity contribution in [2.45, 2.75) is 13.0 Å². The van der Waals surface area contributed by atoms with Crippen molar-refractivity contribution in [1.82, 2.24) is 25.2 Å². The van der Waals surface area contributed by atoms with Crippen LogP contribution in [0, 0.1) is 6.92 Å². The third-order valence-corrected chi connectivity index (χ3v) is 4.28. The van der Waals surface area contributed by atoms with Gasteiger partial charge in [0.1, 0.15) is 0 Å². The summed E-state index contributed by atoms with van der Waals surface area (Å²) in [5, 5.41) is 11.9. The van der Waals surface area contributed by atoms with Gasteiger partial charge in [0.05, 0.1) is 11.7 Å². The van der Waals surface area contributed by atoms with E-state index in [0.717, 1.165) is 17.8 Å². The van der Waals surface area contributed by atoms with Gasteiger partial charge in [0.15, 0.2) is 5.69 Å². The second kappa shape index (κ2) is 7.29. The minimum atomic E-state index is -0.0860. The van der Waals surface area contributed by atoms with Gasteiger partial charge in [-0.3, -0.25) is 9.48 Å². The van der Waals surface area contributed by atoms with Crippen molar-refractivity contribution in [2.75, 3.05) is 19.6 Å². The highest BCUT2D eigenvalue weighted by Gasteiger charge is 2.31. The zero-order valence-electron chi connectivity index (χ0n) is 13.0. The lowest BCUT2D eigenvalue weighted by molar-refractivity contribution is 0.0627. The number of hydrogen-bond acceptors (Lipinski definition) is 4. The summed E-state index contributed by atoms with van der Waals surface area (Å²) in [5.74, 6) is -0.0860. The number of hydrogen-bond donors (Lipinski definition) is 1. The standard InChI is InChI=1S/C15H18ClN5O.ClH/c1-10-14(18-19-20(10)2)15(22)21-7-6-17-9-13(21)11-4-3-5-12(16)8-11;/h3-5,8,13,17H,6-7,9H2,1-2H3;1H. The highest BCUT2D eigenvalue weighted by Crippen LogP contribution is 2.26. The molecular weight excluding hydrogens is 337 g/mol. The van der Waals surface area contributed by atoms with Crippen molar-refractivity contribution < 1.29 is 4.79 Å². The van der Waals surface area contributed by atoms with Crippen molar-refractivity contribution in [3.8, 4) is 0 Å². The molecule has 2 heterocycles. The molecule has 0 radical (unpaired) electrons. The van der Waals surface area contributed by atoms with E-state index >= 15 is 0 Å². The first-order chi connectivity index (χ1) is 10.6. The van der Waals surface area contributed by atoms with E-state index in [4.69, 9.17) is 11.6 Å². The number of rotatable bonds is 2. The van der Waals surface area contributed by atoms with Crippen molar-refractivity contribution >= 4 is 29.9 Å². The van der Waals surface area contributed by atoms with Gasteiger partial charge in [-0.25, -0.2) is 0 Å². The van der Waals surface area contributed by atoms with Crippen LogP contribution in [0.3, 0.4) is 0 Å². The van der Waals surface area contributed by atoms with E-state index in [1.807, 2.05) is 36.1 Å². The molecule has 124 valence electrons. The van der Waals surface area contributed by atoms with Gasteiger partial charge in [0.25, 0.3) is 5.91 Å². The van der Waals surface area contributed by atoms with E-state index in [2.05, 4.69) is 15.6 Å². The monoisotopic (exact) mass is 355 g/mol. The normalized spacial score (nSPS) is 17.7. The number of aryl methyl sites for hydroxylation is 1. The lowest BCUT2D eigenvalue weighted by Crippen LogP contribution is -2.49. The van der Waals surface area contributed by atoms with Crippen LogP contribution in [0.4, 0.5) is 0 Å². The second-order valence-electron chi connectivity index (χ2n) is 5.42. The van der Waals surface area contributed by atoms with E-state index in [-0.39, 0.29) is 24.4 Å². The zero-order valence-corrected chi connectivity index (χ0v) is 14.6. The van der Waals surface area contributed by atoms with E-state index in [1.54, 1.807) is 11.7 Å². The molecule has 1 aliphatic rings. The highest BCUT2D eigenvalue weighted by atomic mass is 35.5. The largest absolute Gasteiger partial charge is 0.328 e. The number of piperazine rings is 1. The SMILES string of the molecule is Cc1c(C(=O)N2CCNCC2c2cccc(Cl)c2)nnn1C.Cl. The van der Waals surface area contributed by atoms with Gasteiger partial charge < -0.3 is 10.2 Å². The molecule has 8 heteroatoms. The smallest absolute Gasteiger partial charge is 0.276 e. The molecule has 6 nitrogen and oxygen atoms in total. The third-order valence-electron chi connectivity index (χ3n) is 4.05. The number of nitrogens with zero attached hydrogens (tertiary/aromatic N) is 4. The Hall–Kier alpha value is -1.63. The first-order valence-corrected chi connectivity index (χ1v) is 7.59. The molecule has 1 aromatic heterocycles. The van der Waals surface area contributed by atoms with Crippen LogP contribution in [0.25, 0.3) is 0 Å². The third kappa shape index (κ3) is 3.49. The van der Waals surface area contributed by atoms with Crippen LogP contribution in [0.15, 0.2) is 24.3 Å². The Bertz CT molecular complexity index is 703. The molecule has 23 heavy (non-hydrogen) atoms. The molecule has 1 aromatic carbocycles. The molecule has 1 unspecified atom stereocenters. The topological polar surface area (TPSA) is 63.1 Å². The van der Waals surface area contributed by atoms with Crippen LogP contribution in [0.5, 0.6) is 0 Å². The fraction of sp³-hybridized carbons (Fsp3) is 0.400. The Labute approximate surface area is 146 Å². The fourth-order valence-corrected chi connectivity index (χ4v) is 2.90. The summed E-state index contributed by atoms with van der Waals surface area (Å²) in [7, 11) is 1.78. The Kier molecular flexibility index (Phi) is 5.62. The Morgan fingerprint density at radius 3 is 2.87 bits per heavy atom. The van der Waals surface area contributed by atoms with Crippen LogP contribution in [0.1, 0.15) is 27.8 Å².